The maximum Gasteiger partial charge on any atom is 0.261 e. The van der Waals surface area contributed by atoms with Crippen LogP contribution in [-0.4, -0.2) is 49.5 Å². The van der Waals surface area contributed by atoms with E-state index in [4.69, 9.17) is 26.3 Å². The SMILES string of the molecule is COc1ccc(CN(C(C)C(=O)NO)S(=O)(=O)c2ccc(OCCCCl)cc2)cc1. The number of carbonyl (C=O) groups is 1. The number of rotatable bonds is 11. The minimum Gasteiger partial charge on any atom is -0.497 e. The van der Waals surface area contributed by atoms with Crippen molar-refractivity contribution in [2.45, 2.75) is 30.8 Å². The number of methoxy groups -OCH3 is 1. The number of hydroxylamine groups is 1. The van der Waals surface area contributed by atoms with Crippen LogP contribution in [0.1, 0.15) is 18.9 Å². The Labute approximate surface area is 181 Å². The number of amides is 1. The summed E-state index contributed by atoms with van der Waals surface area (Å²) in [6.07, 6.45) is 0.672. The minimum absolute atomic E-state index is 0.00158. The largest absolute Gasteiger partial charge is 0.497 e. The number of halogens is 1. The molecule has 30 heavy (non-hydrogen) atoms. The van der Waals surface area contributed by atoms with Gasteiger partial charge in [-0.3, -0.25) is 10.0 Å². The molecule has 2 aromatic carbocycles. The second kappa shape index (κ2) is 11.2. The summed E-state index contributed by atoms with van der Waals surface area (Å²) in [5, 5.41) is 9.00. The fourth-order valence-electron chi connectivity index (χ4n) is 2.65. The Kier molecular flexibility index (Phi) is 8.91. The molecule has 0 radical (unpaired) electrons. The molecule has 0 spiro atoms. The molecule has 10 heteroatoms. The zero-order valence-corrected chi connectivity index (χ0v) is 18.3. The Balaban J connectivity index is 2.31. The van der Waals surface area contributed by atoms with Crippen molar-refractivity contribution >= 4 is 27.5 Å². The van der Waals surface area contributed by atoms with Gasteiger partial charge < -0.3 is 9.47 Å². The van der Waals surface area contributed by atoms with Gasteiger partial charge >= 0.3 is 0 Å². The van der Waals surface area contributed by atoms with E-state index in [1.807, 2.05) is 0 Å². The third kappa shape index (κ3) is 6.09. The lowest BCUT2D eigenvalue weighted by Gasteiger charge is -2.27. The highest BCUT2D eigenvalue weighted by Crippen LogP contribution is 2.24. The van der Waals surface area contributed by atoms with Gasteiger partial charge in [0.15, 0.2) is 0 Å². The van der Waals surface area contributed by atoms with Crippen LogP contribution in [0.3, 0.4) is 0 Å². The molecule has 0 saturated heterocycles. The average Bonchev–Trinajstić information content (AvgIpc) is 2.77. The topological polar surface area (TPSA) is 105 Å². The first kappa shape index (κ1) is 23.9. The highest BCUT2D eigenvalue weighted by atomic mass is 35.5. The Morgan fingerprint density at radius 2 is 1.73 bits per heavy atom. The van der Waals surface area contributed by atoms with E-state index >= 15 is 0 Å². The van der Waals surface area contributed by atoms with Gasteiger partial charge in [-0.2, -0.15) is 4.31 Å². The van der Waals surface area contributed by atoms with Crippen molar-refractivity contribution in [3.8, 4) is 11.5 Å². The number of alkyl halides is 1. The molecule has 164 valence electrons. The predicted molar refractivity (Wildman–Crippen MR) is 112 cm³/mol. The van der Waals surface area contributed by atoms with Crippen molar-refractivity contribution in [2.75, 3.05) is 19.6 Å². The molecule has 1 atom stereocenters. The summed E-state index contributed by atoms with van der Waals surface area (Å²) in [5.74, 6) is 0.770. The maximum atomic E-state index is 13.3. The van der Waals surface area contributed by atoms with E-state index in [2.05, 4.69) is 0 Å². The first-order chi connectivity index (χ1) is 14.3. The van der Waals surface area contributed by atoms with Crippen molar-refractivity contribution in [1.29, 1.82) is 0 Å². The van der Waals surface area contributed by atoms with Crippen LogP contribution in [0.15, 0.2) is 53.4 Å². The summed E-state index contributed by atoms with van der Waals surface area (Å²) in [6, 6.07) is 11.6. The Hall–Kier alpha value is -2.33. The van der Waals surface area contributed by atoms with Gasteiger partial charge in [0.2, 0.25) is 10.0 Å². The lowest BCUT2D eigenvalue weighted by molar-refractivity contribution is -0.132. The summed E-state index contributed by atoms with van der Waals surface area (Å²) in [6.45, 7) is 1.75. The van der Waals surface area contributed by atoms with Crippen LogP contribution in [0, 0.1) is 0 Å². The molecular weight excluding hydrogens is 432 g/mol. The molecule has 1 amide bonds. The van der Waals surface area contributed by atoms with Crippen molar-refractivity contribution in [1.82, 2.24) is 9.79 Å². The van der Waals surface area contributed by atoms with Crippen LogP contribution in [0.5, 0.6) is 11.5 Å². The number of nitrogens with one attached hydrogen (secondary N) is 1. The summed E-state index contributed by atoms with van der Waals surface area (Å²) in [4.78, 5) is 12.0. The Morgan fingerprint density at radius 3 is 2.27 bits per heavy atom. The lowest BCUT2D eigenvalue weighted by atomic mass is 10.2. The van der Waals surface area contributed by atoms with E-state index < -0.39 is 22.0 Å². The number of benzene rings is 2. The van der Waals surface area contributed by atoms with E-state index in [9.17, 15) is 13.2 Å². The zero-order valence-electron chi connectivity index (χ0n) is 16.7. The molecule has 0 saturated carbocycles. The van der Waals surface area contributed by atoms with Gasteiger partial charge in [0.05, 0.1) is 18.6 Å². The molecule has 0 bridgehead atoms. The number of hydrogen-bond acceptors (Lipinski definition) is 6. The molecular formula is C20H25ClN2O6S. The van der Waals surface area contributed by atoms with Crippen LogP contribution in [0.4, 0.5) is 0 Å². The summed E-state index contributed by atoms with van der Waals surface area (Å²) >= 11 is 5.62. The van der Waals surface area contributed by atoms with Crippen molar-refractivity contribution < 1.29 is 27.9 Å². The second-order valence-electron chi connectivity index (χ2n) is 6.41. The molecule has 2 N–H and O–H groups in total. The van der Waals surface area contributed by atoms with Crippen LogP contribution in [0.2, 0.25) is 0 Å². The smallest absolute Gasteiger partial charge is 0.261 e. The van der Waals surface area contributed by atoms with Crippen LogP contribution in [-0.2, 0) is 21.4 Å². The highest BCUT2D eigenvalue weighted by molar-refractivity contribution is 7.89. The first-order valence-electron chi connectivity index (χ1n) is 9.21. The molecule has 0 fully saturated rings. The normalized spacial score (nSPS) is 12.4. The molecule has 0 aromatic heterocycles. The standard InChI is InChI=1S/C20H25ClN2O6S/c1-15(20(24)22-25)23(14-16-4-6-17(28-2)7-5-16)30(26,27)19-10-8-18(9-11-19)29-13-3-12-21/h4-11,15,25H,3,12-14H2,1-2H3,(H,22,24). The van der Waals surface area contributed by atoms with E-state index in [-0.39, 0.29) is 11.4 Å². The first-order valence-corrected chi connectivity index (χ1v) is 11.2. The Bertz CT molecular complexity index is 919. The number of nitrogens with zero attached hydrogens (tertiary/aromatic N) is 1. The third-order valence-corrected chi connectivity index (χ3v) is 6.59. The lowest BCUT2D eigenvalue weighted by Crippen LogP contribution is -2.46. The average molecular weight is 457 g/mol. The molecule has 8 nitrogen and oxygen atoms in total. The van der Waals surface area contributed by atoms with Gasteiger partial charge in [-0.25, -0.2) is 13.9 Å². The molecule has 0 aliphatic rings. The summed E-state index contributed by atoms with van der Waals surface area (Å²) in [5.41, 5.74) is 2.17. The summed E-state index contributed by atoms with van der Waals surface area (Å²) < 4.78 is 38.2. The van der Waals surface area contributed by atoms with Crippen molar-refractivity contribution in [3.05, 3.63) is 54.1 Å². The van der Waals surface area contributed by atoms with Gasteiger partial charge in [0.1, 0.15) is 17.5 Å². The second-order valence-corrected chi connectivity index (χ2v) is 8.68. The van der Waals surface area contributed by atoms with Crippen molar-refractivity contribution in [3.63, 3.8) is 0 Å². The maximum absolute atomic E-state index is 13.3. The van der Waals surface area contributed by atoms with Gasteiger partial charge in [-0.15, -0.1) is 11.6 Å². The third-order valence-electron chi connectivity index (χ3n) is 4.40. The zero-order chi connectivity index (χ0) is 22.1. The number of ether oxygens (including phenoxy) is 2. The quantitative estimate of drug-likeness (QED) is 0.233. The monoisotopic (exact) mass is 456 g/mol. The fourth-order valence-corrected chi connectivity index (χ4v) is 4.34. The number of sulfonamides is 1. The molecule has 1 unspecified atom stereocenters. The van der Waals surface area contributed by atoms with Crippen LogP contribution in [0.25, 0.3) is 0 Å². The van der Waals surface area contributed by atoms with E-state index in [0.717, 1.165) is 4.31 Å². The van der Waals surface area contributed by atoms with Crippen LogP contribution >= 0.6 is 11.6 Å². The molecule has 2 aromatic rings. The number of hydrogen-bond donors (Lipinski definition) is 2. The minimum atomic E-state index is -4.06. The number of carbonyl (C=O) groups excluding carboxylic acids is 1. The van der Waals surface area contributed by atoms with Gasteiger partial charge in [0.25, 0.3) is 5.91 Å². The summed E-state index contributed by atoms with van der Waals surface area (Å²) in [7, 11) is -2.53. The van der Waals surface area contributed by atoms with E-state index in [0.29, 0.717) is 36.0 Å². The molecule has 0 aliphatic heterocycles. The highest BCUT2D eigenvalue weighted by Gasteiger charge is 2.33. The molecule has 2 rings (SSSR count). The van der Waals surface area contributed by atoms with Gasteiger partial charge in [0, 0.05) is 12.4 Å². The van der Waals surface area contributed by atoms with E-state index in [1.165, 1.54) is 31.6 Å². The molecule has 0 heterocycles. The predicted octanol–water partition coefficient (Wildman–Crippen LogP) is 2.79. The van der Waals surface area contributed by atoms with Gasteiger partial charge in [-0.1, -0.05) is 12.1 Å². The van der Waals surface area contributed by atoms with E-state index in [1.54, 1.807) is 36.4 Å². The Morgan fingerprint density at radius 1 is 1.13 bits per heavy atom. The van der Waals surface area contributed by atoms with Crippen LogP contribution < -0.4 is 15.0 Å². The van der Waals surface area contributed by atoms with Gasteiger partial charge in [-0.05, 0) is 55.3 Å². The van der Waals surface area contributed by atoms with Crippen molar-refractivity contribution in [2.24, 2.45) is 0 Å². The fraction of sp³-hybridized carbons (Fsp3) is 0.350. The molecule has 0 aliphatic carbocycles.